The first-order valence-corrected chi connectivity index (χ1v) is 20.6. The molecule has 5 amide bonds. The molecule has 0 spiro atoms. The van der Waals surface area contributed by atoms with E-state index >= 15 is 4.39 Å². The molecule has 342 valence electrons. The summed E-state index contributed by atoms with van der Waals surface area (Å²) in [6.45, 7) is 23.4. The van der Waals surface area contributed by atoms with Crippen molar-refractivity contribution in [3.63, 3.8) is 0 Å². The SMILES string of the molecule is Cc1cc(C2=CCN(/C(=N\C(=O)OC(C)(C)C)NC(=O)OC(C)(C)C)CC2)c(F)cc1NC(=O)c1ccc(C2=CCN(/C(=N\C(=O)OC(C)(C)C)NC(=O)OC(C)(C)C)CC2)nc1. The van der Waals surface area contributed by atoms with Crippen molar-refractivity contribution in [2.75, 3.05) is 31.5 Å². The van der Waals surface area contributed by atoms with Crippen LogP contribution in [0.15, 0.2) is 52.6 Å². The van der Waals surface area contributed by atoms with Crippen molar-refractivity contribution >= 4 is 59.0 Å². The van der Waals surface area contributed by atoms with E-state index in [1.54, 1.807) is 124 Å². The number of guanidine groups is 2. The van der Waals surface area contributed by atoms with Crippen molar-refractivity contribution in [3.8, 4) is 0 Å². The number of nitrogens with zero attached hydrogens (tertiary/aromatic N) is 5. The fraction of sp³-hybridized carbons (Fsp3) is 0.511. The van der Waals surface area contributed by atoms with Crippen LogP contribution in [0.5, 0.6) is 0 Å². The highest BCUT2D eigenvalue weighted by Crippen LogP contribution is 2.30. The summed E-state index contributed by atoms with van der Waals surface area (Å²) in [5.41, 5.74) is 0.561. The van der Waals surface area contributed by atoms with Crippen LogP contribution in [0.1, 0.15) is 123 Å². The molecule has 0 radical (unpaired) electrons. The summed E-state index contributed by atoms with van der Waals surface area (Å²) >= 11 is 0. The molecular weight excluding hydrogens is 816 g/mol. The molecular formula is C45H61FN8O9. The lowest BCUT2D eigenvalue weighted by molar-refractivity contribution is 0.0536. The van der Waals surface area contributed by atoms with E-state index in [0.717, 1.165) is 5.57 Å². The number of aliphatic imine (C=N–C) groups is 2. The summed E-state index contributed by atoms with van der Waals surface area (Å²) in [7, 11) is 0. The Morgan fingerprint density at radius 2 is 1.13 bits per heavy atom. The van der Waals surface area contributed by atoms with Gasteiger partial charge in [-0.15, -0.1) is 9.98 Å². The summed E-state index contributed by atoms with van der Waals surface area (Å²) in [5, 5.41) is 7.91. The molecule has 3 heterocycles. The molecule has 0 aliphatic carbocycles. The maximum absolute atomic E-state index is 15.7. The van der Waals surface area contributed by atoms with E-state index in [2.05, 4.69) is 30.9 Å². The number of aryl methyl sites for hydroxylation is 1. The quantitative estimate of drug-likeness (QED) is 0.150. The topological polar surface area (TPSA) is 202 Å². The van der Waals surface area contributed by atoms with E-state index in [9.17, 15) is 24.0 Å². The molecule has 0 unspecified atom stereocenters. The second-order valence-electron chi connectivity index (χ2n) is 19.0. The van der Waals surface area contributed by atoms with Gasteiger partial charge in [-0.3, -0.25) is 20.4 Å². The average Bonchev–Trinajstić information content (AvgIpc) is 3.13. The number of anilines is 1. The standard InChI is InChI=1S/C45H61FN8O9/c1-27-24-31(28-16-20-53(21-17-28)36(49-38(56)60-42(2,3)4)50-39(57)61-43(5,6)7)32(46)25-34(27)48-35(55)30-14-15-33(47-26-30)29-18-22-54(23-19-29)37(51-40(58)62-44(8,9)10)52-41(59)63-45(11,12)13/h14-16,18,24-26H,17,19-23H2,1-13H3,(H,48,55)(H,49,50,56,57)(H,51,52,58,59). The highest BCUT2D eigenvalue weighted by Gasteiger charge is 2.28. The van der Waals surface area contributed by atoms with Crippen LogP contribution in [0, 0.1) is 12.7 Å². The fourth-order valence-corrected chi connectivity index (χ4v) is 6.06. The number of benzene rings is 1. The lowest BCUT2D eigenvalue weighted by atomic mass is 9.96. The van der Waals surface area contributed by atoms with Crippen LogP contribution < -0.4 is 16.0 Å². The van der Waals surface area contributed by atoms with Crippen LogP contribution in [0.4, 0.5) is 29.3 Å². The Balaban J connectivity index is 1.43. The molecule has 2 aromatic rings. The van der Waals surface area contributed by atoms with Gasteiger partial charge in [0, 0.05) is 43.6 Å². The van der Waals surface area contributed by atoms with Gasteiger partial charge in [-0.2, -0.15) is 0 Å². The smallest absolute Gasteiger partial charge is 0.437 e. The normalized spacial score (nSPS) is 15.4. The first kappa shape index (κ1) is 49.3. The fourth-order valence-electron chi connectivity index (χ4n) is 6.06. The van der Waals surface area contributed by atoms with Crippen molar-refractivity contribution < 1.29 is 47.3 Å². The van der Waals surface area contributed by atoms with Crippen LogP contribution >= 0.6 is 0 Å². The van der Waals surface area contributed by atoms with E-state index in [4.69, 9.17) is 18.9 Å². The lowest BCUT2D eigenvalue weighted by Gasteiger charge is -2.30. The molecule has 0 fully saturated rings. The average molecular weight is 877 g/mol. The van der Waals surface area contributed by atoms with Gasteiger partial charge in [-0.05, 0) is 144 Å². The maximum Gasteiger partial charge on any atom is 0.437 e. The number of carbonyl (C=O) groups is 5. The summed E-state index contributed by atoms with van der Waals surface area (Å²) in [6, 6.07) is 6.27. The number of rotatable bonds is 4. The molecule has 0 saturated heterocycles. The molecule has 3 N–H and O–H groups in total. The van der Waals surface area contributed by atoms with Crippen LogP contribution in [-0.2, 0) is 18.9 Å². The Kier molecular flexibility index (Phi) is 15.5. The summed E-state index contributed by atoms with van der Waals surface area (Å²) in [4.78, 5) is 79.7. The Morgan fingerprint density at radius 3 is 1.52 bits per heavy atom. The van der Waals surface area contributed by atoms with Crippen molar-refractivity contribution in [1.29, 1.82) is 0 Å². The second kappa shape index (κ2) is 19.8. The number of hydrogen-bond donors (Lipinski definition) is 3. The molecule has 0 saturated carbocycles. The van der Waals surface area contributed by atoms with Crippen LogP contribution in [-0.4, -0.2) is 106 Å². The minimum Gasteiger partial charge on any atom is -0.444 e. The number of nitrogens with one attached hydrogen (secondary N) is 3. The van der Waals surface area contributed by atoms with Gasteiger partial charge in [-0.25, -0.2) is 23.6 Å². The summed E-state index contributed by atoms with van der Waals surface area (Å²) in [5.74, 6) is -1.09. The molecule has 2 aliphatic heterocycles. The summed E-state index contributed by atoms with van der Waals surface area (Å²) < 4.78 is 37.1. The molecule has 4 rings (SSSR count). The molecule has 1 aromatic carbocycles. The number of carbonyl (C=O) groups excluding carboxylic acids is 5. The number of halogens is 1. The zero-order valence-corrected chi connectivity index (χ0v) is 38.6. The van der Waals surface area contributed by atoms with Crippen LogP contribution in [0.2, 0.25) is 0 Å². The van der Waals surface area contributed by atoms with E-state index in [1.807, 2.05) is 6.08 Å². The number of pyridine rings is 1. The first-order valence-electron chi connectivity index (χ1n) is 20.6. The Hall–Kier alpha value is -6.33. The third-order valence-electron chi connectivity index (χ3n) is 8.69. The number of ether oxygens (including phenoxy) is 4. The molecule has 17 nitrogen and oxygen atoms in total. The molecule has 63 heavy (non-hydrogen) atoms. The number of aromatic nitrogens is 1. The van der Waals surface area contributed by atoms with Crippen molar-refractivity contribution in [2.45, 2.75) is 125 Å². The van der Waals surface area contributed by atoms with Gasteiger partial charge in [0.15, 0.2) is 0 Å². The van der Waals surface area contributed by atoms with Gasteiger partial charge >= 0.3 is 24.4 Å². The molecule has 0 bridgehead atoms. The molecule has 18 heteroatoms. The van der Waals surface area contributed by atoms with Gasteiger partial charge in [0.2, 0.25) is 11.9 Å². The van der Waals surface area contributed by atoms with Crippen LogP contribution in [0.25, 0.3) is 11.1 Å². The zero-order valence-electron chi connectivity index (χ0n) is 38.6. The highest BCUT2D eigenvalue weighted by atomic mass is 19.1. The Bertz CT molecular complexity index is 2190. The predicted molar refractivity (Wildman–Crippen MR) is 238 cm³/mol. The van der Waals surface area contributed by atoms with E-state index < -0.39 is 58.5 Å². The van der Waals surface area contributed by atoms with Gasteiger partial charge in [-0.1, -0.05) is 12.2 Å². The van der Waals surface area contributed by atoms with E-state index in [0.29, 0.717) is 41.8 Å². The Morgan fingerprint density at radius 1 is 0.667 bits per heavy atom. The van der Waals surface area contributed by atoms with Crippen molar-refractivity contribution in [3.05, 3.63) is 70.8 Å². The minimum atomic E-state index is -0.890. The van der Waals surface area contributed by atoms with Crippen LogP contribution in [0.3, 0.4) is 0 Å². The van der Waals surface area contributed by atoms with E-state index in [1.165, 1.54) is 12.3 Å². The largest absolute Gasteiger partial charge is 0.444 e. The molecule has 2 aliphatic rings. The Labute approximate surface area is 368 Å². The molecule has 1 aromatic heterocycles. The zero-order chi connectivity index (χ0) is 47.1. The second-order valence-corrected chi connectivity index (χ2v) is 19.0. The van der Waals surface area contributed by atoms with Gasteiger partial charge in [0.1, 0.15) is 28.2 Å². The summed E-state index contributed by atoms with van der Waals surface area (Å²) in [6.07, 6.45) is 2.61. The third kappa shape index (κ3) is 16.1. The van der Waals surface area contributed by atoms with Crippen molar-refractivity contribution in [1.82, 2.24) is 25.4 Å². The number of hydrogen-bond acceptors (Lipinski definition) is 10. The van der Waals surface area contributed by atoms with Gasteiger partial charge in [0.25, 0.3) is 5.91 Å². The van der Waals surface area contributed by atoms with Gasteiger partial charge < -0.3 is 34.1 Å². The van der Waals surface area contributed by atoms with Gasteiger partial charge in [0.05, 0.1) is 11.3 Å². The molecule has 0 atom stereocenters. The number of alkyl carbamates (subject to hydrolysis) is 2. The monoisotopic (exact) mass is 876 g/mol. The van der Waals surface area contributed by atoms with E-state index in [-0.39, 0.29) is 42.8 Å². The maximum atomic E-state index is 15.7. The van der Waals surface area contributed by atoms with Crippen molar-refractivity contribution in [2.24, 2.45) is 9.98 Å². The minimum absolute atomic E-state index is 0.0129. The predicted octanol–water partition coefficient (Wildman–Crippen LogP) is 8.59. The third-order valence-corrected chi connectivity index (χ3v) is 8.69. The highest BCUT2D eigenvalue weighted by molar-refractivity contribution is 6.05. The lowest BCUT2D eigenvalue weighted by Crippen LogP contribution is -2.48. The number of amides is 5. The first-order chi connectivity index (χ1) is 29.0.